The maximum atomic E-state index is 11.2. The molecule has 0 aliphatic rings. The molecule has 2 aromatic rings. The van der Waals surface area contributed by atoms with Crippen molar-refractivity contribution in [3.05, 3.63) is 41.5 Å². The molecule has 1 heterocycles. The van der Waals surface area contributed by atoms with Gasteiger partial charge in [-0.15, -0.1) is 10.2 Å². The second-order valence-corrected chi connectivity index (χ2v) is 4.63. The van der Waals surface area contributed by atoms with Gasteiger partial charge in [-0.25, -0.2) is 0 Å². The Balaban J connectivity index is 2.06. The third kappa shape index (κ3) is 3.54. The quantitative estimate of drug-likeness (QED) is 0.895. The predicted octanol–water partition coefficient (Wildman–Crippen LogP) is 3.19. The molecule has 0 bridgehead atoms. The van der Waals surface area contributed by atoms with E-state index in [0.29, 0.717) is 18.1 Å². The summed E-state index contributed by atoms with van der Waals surface area (Å²) in [6.07, 6.45) is 0.421. The van der Waals surface area contributed by atoms with Gasteiger partial charge in [0.15, 0.2) is 11.6 Å². The van der Waals surface area contributed by atoms with E-state index < -0.39 is 0 Å². The molecule has 1 amide bonds. The highest BCUT2D eigenvalue weighted by Gasteiger charge is 2.02. The van der Waals surface area contributed by atoms with Gasteiger partial charge in [0.25, 0.3) is 0 Å². The van der Waals surface area contributed by atoms with Crippen LogP contribution in [0.2, 0.25) is 0 Å². The molecule has 0 aliphatic carbocycles. The minimum atomic E-state index is -0.0748. The fourth-order valence-corrected chi connectivity index (χ4v) is 1.66. The molecule has 0 radical (unpaired) electrons. The van der Waals surface area contributed by atoms with Gasteiger partial charge in [0, 0.05) is 12.1 Å². The van der Waals surface area contributed by atoms with E-state index in [-0.39, 0.29) is 5.91 Å². The van der Waals surface area contributed by atoms with Crippen LogP contribution in [0.4, 0.5) is 17.3 Å². The Morgan fingerprint density at radius 2 is 1.75 bits per heavy atom. The maximum Gasteiger partial charge on any atom is 0.225 e. The summed E-state index contributed by atoms with van der Waals surface area (Å²) in [6, 6.07) is 9.62. The second-order valence-electron chi connectivity index (χ2n) is 4.63. The fourth-order valence-electron chi connectivity index (χ4n) is 1.66. The smallest absolute Gasteiger partial charge is 0.225 e. The molecule has 5 nitrogen and oxygen atoms in total. The molecule has 0 aliphatic heterocycles. The van der Waals surface area contributed by atoms with Gasteiger partial charge in [0.05, 0.1) is 0 Å². The first kappa shape index (κ1) is 14.0. The Labute approximate surface area is 118 Å². The van der Waals surface area contributed by atoms with Gasteiger partial charge < -0.3 is 10.6 Å². The Morgan fingerprint density at radius 1 is 1.05 bits per heavy atom. The number of benzene rings is 1. The van der Waals surface area contributed by atoms with Crippen molar-refractivity contribution in [3.8, 4) is 0 Å². The topological polar surface area (TPSA) is 66.9 Å². The summed E-state index contributed by atoms with van der Waals surface area (Å²) in [5, 5.41) is 13.8. The van der Waals surface area contributed by atoms with Gasteiger partial charge in [-0.05, 0) is 49.2 Å². The number of hydrogen-bond acceptors (Lipinski definition) is 4. The Kier molecular flexibility index (Phi) is 4.30. The van der Waals surface area contributed by atoms with E-state index in [9.17, 15) is 4.79 Å². The summed E-state index contributed by atoms with van der Waals surface area (Å²) in [4.78, 5) is 11.2. The first-order valence-electron chi connectivity index (χ1n) is 6.56. The lowest BCUT2D eigenvalue weighted by Gasteiger charge is -2.08. The number of anilines is 3. The molecule has 104 valence electrons. The minimum Gasteiger partial charge on any atom is -0.339 e. The lowest BCUT2D eigenvalue weighted by Crippen LogP contribution is -2.11. The molecule has 0 atom stereocenters. The standard InChI is InChI=1S/C15H18N4O/c1-4-15(20)17-14-8-7-13(18-19-14)16-12-6-5-10(2)11(3)9-12/h5-9H,4H2,1-3H3,(H,16,18)(H,17,19,20). The molecular formula is C15H18N4O. The van der Waals surface area contributed by atoms with Crippen molar-refractivity contribution in [2.75, 3.05) is 10.6 Å². The van der Waals surface area contributed by atoms with E-state index in [1.807, 2.05) is 6.07 Å². The number of hydrogen-bond donors (Lipinski definition) is 2. The zero-order valence-corrected chi connectivity index (χ0v) is 11.9. The zero-order valence-electron chi connectivity index (χ0n) is 11.9. The summed E-state index contributed by atoms with van der Waals surface area (Å²) in [5.41, 5.74) is 3.43. The number of aromatic nitrogens is 2. The molecule has 2 N–H and O–H groups in total. The van der Waals surface area contributed by atoms with Crippen molar-refractivity contribution in [2.24, 2.45) is 0 Å². The van der Waals surface area contributed by atoms with Gasteiger partial charge in [0.1, 0.15) is 0 Å². The number of nitrogens with zero attached hydrogens (tertiary/aromatic N) is 2. The number of aryl methyl sites for hydroxylation is 2. The molecule has 0 saturated heterocycles. The predicted molar refractivity (Wildman–Crippen MR) is 80.2 cm³/mol. The number of carbonyl (C=O) groups excluding carboxylic acids is 1. The first-order chi connectivity index (χ1) is 9.58. The Bertz CT molecular complexity index is 608. The Morgan fingerprint density at radius 3 is 2.35 bits per heavy atom. The highest BCUT2D eigenvalue weighted by molar-refractivity contribution is 5.89. The van der Waals surface area contributed by atoms with Gasteiger partial charge in [-0.3, -0.25) is 4.79 Å². The lowest BCUT2D eigenvalue weighted by atomic mass is 10.1. The molecule has 2 rings (SSSR count). The van der Waals surface area contributed by atoms with E-state index >= 15 is 0 Å². The fraction of sp³-hybridized carbons (Fsp3) is 0.267. The van der Waals surface area contributed by atoms with Crippen molar-refractivity contribution < 1.29 is 4.79 Å². The van der Waals surface area contributed by atoms with E-state index in [4.69, 9.17) is 0 Å². The van der Waals surface area contributed by atoms with Crippen LogP contribution in [0, 0.1) is 13.8 Å². The lowest BCUT2D eigenvalue weighted by molar-refractivity contribution is -0.115. The summed E-state index contributed by atoms with van der Waals surface area (Å²) in [5.74, 6) is 1.03. The molecule has 1 aromatic carbocycles. The number of amides is 1. The maximum absolute atomic E-state index is 11.2. The van der Waals surface area contributed by atoms with Crippen LogP contribution in [0.3, 0.4) is 0 Å². The van der Waals surface area contributed by atoms with E-state index in [1.54, 1.807) is 19.1 Å². The van der Waals surface area contributed by atoms with Crippen LogP contribution in [-0.4, -0.2) is 16.1 Å². The van der Waals surface area contributed by atoms with Crippen LogP contribution in [0.5, 0.6) is 0 Å². The molecule has 20 heavy (non-hydrogen) atoms. The summed E-state index contributed by atoms with van der Waals surface area (Å²) >= 11 is 0. The number of nitrogens with one attached hydrogen (secondary N) is 2. The molecule has 0 spiro atoms. The number of rotatable bonds is 4. The van der Waals surface area contributed by atoms with Crippen molar-refractivity contribution in [2.45, 2.75) is 27.2 Å². The normalized spacial score (nSPS) is 10.2. The molecule has 0 fully saturated rings. The summed E-state index contributed by atoms with van der Waals surface area (Å²) in [7, 11) is 0. The molecule has 1 aromatic heterocycles. The molecular weight excluding hydrogens is 252 g/mol. The van der Waals surface area contributed by atoms with Crippen LogP contribution in [-0.2, 0) is 4.79 Å². The second kappa shape index (κ2) is 6.14. The summed E-state index contributed by atoms with van der Waals surface area (Å²) in [6.45, 7) is 5.93. The van der Waals surface area contributed by atoms with Crippen LogP contribution >= 0.6 is 0 Å². The van der Waals surface area contributed by atoms with Crippen molar-refractivity contribution in [1.82, 2.24) is 10.2 Å². The Hall–Kier alpha value is -2.43. The monoisotopic (exact) mass is 270 g/mol. The van der Waals surface area contributed by atoms with Gasteiger partial charge in [0.2, 0.25) is 5.91 Å². The van der Waals surface area contributed by atoms with Crippen LogP contribution in [0.25, 0.3) is 0 Å². The van der Waals surface area contributed by atoms with E-state index in [1.165, 1.54) is 11.1 Å². The van der Waals surface area contributed by atoms with Gasteiger partial charge >= 0.3 is 0 Å². The van der Waals surface area contributed by atoms with Crippen LogP contribution < -0.4 is 10.6 Å². The SMILES string of the molecule is CCC(=O)Nc1ccc(Nc2ccc(C)c(C)c2)nn1. The average molecular weight is 270 g/mol. The third-order valence-corrected chi connectivity index (χ3v) is 3.03. The third-order valence-electron chi connectivity index (χ3n) is 3.03. The molecule has 0 saturated carbocycles. The van der Waals surface area contributed by atoms with Crippen LogP contribution in [0.15, 0.2) is 30.3 Å². The highest BCUT2D eigenvalue weighted by Crippen LogP contribution is 2.18. The van der Waals surface area contributed by atoms with E-state index in [2.05, 4.69) is 46.8 Å². The average Bonchev–Trinajstić information content (AvgIpc) is 2.45. The van der Waals surface area contributed by atoms with Crippen molar-refractivity contribution in [3.63, 3.8) is 0 Å². The van der Waals surface area contributed by atoms with Crippen LogP contribution in [0.1, 0.15) is 24.5 Å². The first-order valence-corrected chi connectivity index (χ1v) is 6.56. The molecule has 5 heteroatoms. The zero-order chi connectivity index (χ0) is 14.5. The number of carbonyl (C=O) groups is 1. The van der Waals surface area contributed by atoms with Crippen molar-refractivity contribution in [1.29, 1.82) is 0 Å². The van der Waals surface area contributed by atoms with Crippen molar-refractivity contribution >= 4 is 23.2 Å². The minimum absolute atomic E-state index is 0.0748. The largest absolute Gasteiger partial charge is 0.339 e. The van der Waals surface area contributed by atoms with Gasteiger partial charge in [-0.1, -0.05) is 13.0 Å². The summed E-state index contributed by atoms with van der Waals surface area (Å²) < 4.78 is 0. The van der Waals surface area contributed by atoms with E-state index in [0.717, 1.165) is 5.69 Å². The van der Waals surface area contributed by atoms with Gasteiger partial charge in [-0.2, -0.15) is 0 Å². The highest BCUT2D eigenvalue weighted by atomic mass is 16.1. The molecule has 0 unspecified atom stereocenters.